The molecule has 1 aliphatic rings. The van der Waals surface area contributed by atoms with Gasteiger partial charge < -0.3 is 5.11 Å². The van der Waals surface area contributed by atoms with Gasteiger partial charge in [-0.2, -0.15) is 17.5 Å². The summed E-state index contributed by atoms with van der Waals surface area (Å²) in [5.74, 6) is 0. The summed E-state index contributed by atoms with van der Waals surface area (Å²) in [6, 6.07) is 20.3. The maximum atomic E-state index is 14.7. The van der Waals surface area contributed by atoms with Crippen molar-refractivity contribution in [3.63, 3.8) is 0 Å². The summed E-state index contributed by atoms with van der Waals surface area (Å²) in [6.45, 7) is 0.852. The van der Waals surface area contributed by atoms with Crippen molar-refractivity contribution >= 4 is 10.0 Å². The molecule has 0 amide bonds. The maximum Gasteiger partial charge on any atom is 0.412 e. The number of benzene rings is 3. The molecule has 1 aliphatic heterocycles. The van der Waals surface area contributed by atoms with E-state index in [2.05, 4.69) is 0 Å². The van der Waals surface area contributed by atoms with Gasteiger partial charge in [0.15, 0.2) is 5.54 Å². The molecule has 1 N–H and O–H groups in total. The van der Waals surface area contributed by atoms with Gasteiger partial charge in [-0.3, -0.25) is 0 Å². The van der Waals surface area contributed by atoms with Crippen molar-refractivity contribution in [3.05, 3.63) is 102 Å². The lowest BCUT2D eigenvalue weighted by atomic mass is 9.75. The topological polar surface area (TPSA) is 57.4 Å². The minimum Gasteiger partial charge on any atom is -0.378 e. The lowest BCUT2D eigenvalue weighted by Crippen LogP contribution is -2.56. The normalized spacial score (nSPS) is 21.6. The minimum atomic E-state index is -5.05. The Labute approximate surface area is 178 Å². The molecular weight excluding hydrogens is 427 g/mol. The smallest absolute Gasteiger partial charge is 0.378 e. The van der Waals surface area contributed by atoms with Gasteiger partial charge in [0.2, 0.25) is 10.0 Å². The molecule has 0 radical (unpaired) electrons. The van der Waals surface area contributed by atoms with Crippen LogP contribution in [0.2, 0.25) is 0 Å². The largest absolute Gasteiger partial charge is 0.412 e. The zero-order valence-corrected chi connectivity index (χ0v) is 17.4. The summed E-state index contributed by atoms with van der Waals surface area (Å²) in [7, 11) is -4.52. The fourth-order valence-corrected chi connectivity index (χ4v) is 5.77. The van der Waals surface area contributed by atoms with Gasteiger partial charge in [0.1, 0.15) is 5.60 Å². The van der Waals surface area contributed by atoms with E-state index in [4.69, 9.17) is 0 Å². The van der Waals surface area contributed by atoms with Crippen LogP contribution >= 0.6 is 0 Å². The van der Waals surface area contributed by atoms with E-state index in [1.54, 1.807) is 19.1 Å². The van der Waals surface area contributed by atoms with Gasteiger partial charge in [0.05, 0.1) is 4.90 Å². The number of halogens is 3. The number of hydrogen-bond acceptors (Lipinski definition) is 3. The van der Waals surface area contributed by atoms with Crippen molar-refractivity contribution in [2.24, 2.45) is 0 Å². The zero-order valence-electron chi connectivity index (χ0n) is 16.5. The molecule has 1 saturated heterocycles. The van der Waals surface area contributed by atoms with Crippen molar-refractivity contribution in [1.29, 1.82) is 0 Å². The second kappa shape index (κ2) is 7.19. The van der Waals surface area contributed by atoms with Gasteiger partial charge >= 0.3 is 6.18 Å². The summed E-state index contributed by atoms with van der Waals surface area (Å²) >= 11 is 0. The monoisotopic (exact) mass is 447 g/mol. The molecule has 8 heteroatoms. The van der Waals surface area contributed by atoms with Gasteiger partial charge in [0.25, 0.3) is 0 Å². The van der Waals surface area contributed by atoms with Crippen molar-refractivity contribution in [2.45, 2.75) is 29.1 Å². The summed E-state index contributed by atoms with van der Waals surface area (Å²) in [4.78, 5) is -0.257. The van der Waals surface area contributed by atoms with E-state index in [1.807, 2.05) is 0 Å². The van der Waals surface area contributed by atoms with Crippen LogP contribution in [0.5, 0.6) is 0 Å². The number of alkyl halides is 3. The number of hydrogen-bond donors (Lipinski definition) is 1. The second-order valence-corrected chi connectivity index (χ2v) is 9.49. The number of aliphatic hydroxyl groups is 1. The highest BCUT2D eigenvalue weighted by Gasteiger charge is 2.83. The van der Waals surface area contributed by atoms with E-state index in [0.717, 1.165) is 5.56 Å². The quantitative estimate of drug-likeness (QED) is 0.596. The zero-order chi connectivity index (χ0) is 22.5. The molecule has 31 heavy (non-hydrogen) atoms. The van der Waals surface area contributed by atoms with E-state index >= 15 is 0 Å². The predicted molar refractivity (Wildman–Crippen MR) is 110 cm³/mol. The summed E-state index contributed by atoms with van der Waals surface area (Å²) in [6.07, 6.45) is -5.05. The molecule has 0 aliphatic carbocycles. The van der Waals surface area contributed by atoms with E-state index in [9.17, 15) is 26.7 Å². The van der Waals surface area contributed by atoms with Crippen molar-refractivity contribution in [2.75, 3.05) is 6.54 Å². The molecule has 0 aromatic heterocycles. The Hall–Kier alpha value is -2.68. The molecule has 1 unspecified atom stereocenters. The standard InChI is InChI=1S/C23H20F3NO3S/c1-17-12-14-20(15-13-17)31(29,30)27-16-21(27,23(24,25)26)22(28,18-8-4-2-5-9-18)19-10-6-3-7-11-19/h2-15,28H,16H2,1H3/t21-,27?/m0/s1. The highest BCUT2D eigenvalue weighted by molar-refractivity contribution is 7.89. The fourth-order valence-electron chi connectivity index (χ4n) is 4.03. The van der Waals surface area contributed by atoms with Gasteiger partial charge in [-0.15, -0.1) is 0 Å². The average molecular weight is 447 g/mol. The van der Waals surface area contributed by atoms with Crippen LogP contribution in [-0.4, -0.2) is 36.1 Å². The Morgan fingerprint density at radius 2 is 1.29 bits per heavy atom. The molecule has 2 atom stereocenters. The summed E-state index contributed by atoms with van der Waals surface area (Å²) in [5.41, 5.74) is -5.00. The van der Waals surface area contributed by atoms with Crippen LogP contribution < -0.4 is 0 Å². The Kier molecular flexibility index (Phi) is 4.99. The van der Waals surface area contributed by atoms with E-state index in [-0.39, 0.29) is 16.0 Å². The van der Waals surface area contributed by atoms with Crippen molar-refractivity contribution < 1.29 is 26.7 Å². The molecule has 4 rings (SSSR count). The van der Waals surface area contributed by atoms with Crippen molar-refractivity contribution in [3.8, 4) is 0 Å². The van der Waals surface area contributed by atoms with E-state index in [1.165, 1.54) is 72.8 Å². The molecule has 0 bridgehead atoms. The van der Waals surface area contributed by atoms with Gasteiger partial charge in [-0.05, 0) is 30.2 Å². The number of aryl methyl sites for hydroxylation is 1. The molecule has 4 nitrogen and oxygen atoms in total. The fraction of sp³-hybridized carbons (Fsp3) is 0.217. The predicted octanol–water partition coefficient (Wildman–Crippen LogP) is 4.24. The second-order valence-electron chi connectivity index (χ2n) is 7.63. The van der Waals surface area contributed by atoms with Gasteiger partial charge in [-0.25, -0.2) is 8.42 Å². The first-order valence-corrected chi connectivity index (χ1v) is 11.0. The molecule has 0 spiro atoms. The molecule has 3 aromatic rings. The molecule has 162 valence electrons. The first-order valence-electron chi connectivity index (χ1n) is 9.55. The van der Waals surface area contributed by atoms with Crippen molar-refractivity contribution in [1.82, 2.24) is 4.31 Å². The first-order chi connectivity index (χ1) is 14.5. The summed E-state index contributed by atoms with van der Waals surface area (Å²) < 4.78 is 70.7. The maximum absolute atomic E-state index is 14.7. The first kappa shape index (κ1) is 21.5. The SMILES string of the molecule is Cc1ccc(S(=O)(=O)N2C[C@@]2(C(F)(F)F)C(O)(c2ccccc2)c2ccccc2)cc1. The van der Waals surface area contributed by atoms with Crippen LogP contribution in [0.4, 0.5) is 13.2 Å². The van der Waals surface area contributed by atoms with Crippen LogP contribution in [0.3, 0.4) is 0 Å². The molecule has 3 aromatic carbocycles. The molecular formula is C23H20F3NO3S. The van der Waals surface area contributed by atoms with E-state index < -0.39 is 33.9 Å². The number of rotatable bonds is 5. The highest BCUT2D eigenvalue weighted by atomic mass is 32.2. The minimum absolute atomic E-state index is 0.0415. The van der Waals surface area contributed by atoms with Gasteiger partial charge in [-0.1, -0.05) is 78.4 Å². The number of sulfonamides is 1. The van der Waals surface area contributed by atoms with Crippen LogP contribution in [0.25, 0.3) is 0 Å². The van der Waals surface area contributed by atoms with Crippen LogP contribution in [0.15, 0.2) is 89.8 Å². The molecule has 1 heterocycles. The lowest BCUT2D eigenvalue weighted by Gasteiger charge is -2.39. The Morgan fingerprint density at radius 1 is 0.839 bits per heavy atom. The Bertz CT molecular complexity index is 1140. The Morgan fingerprint density at radius 3 is 1.71 bits per heavy atom. The third-order valence-corrected chi connectivity index (χ3v) is 7.64. The third-order valence-electron chi connectivity index (χ3n) is 5.75. The summed E-state index contributed by atoms with van der Waals surface area (Å²) in [5, 5.41) is 11.8. The average Bonchev–Trinajstić information content (AvgIpc) is 3.54. The third kappa shape index (κ3) is 3.17. The molecule has 0 saturated carbocycles. The van der Waals surface area contributed by atoms with Crippen LogP contribution in [0.1, 0.15) is 16.7 Å². The Balaban J connectivity index is 1.95. The van der Waals surface area contributed by atoms with E-state index in [0.29, 0.717) is 4.31 Å². The van der Waals surface area contributed by atoms with Crippen LogP contribution in [0, 0.1) is 6.92 Å². The van der Waals surface area contributed by atoms with Gasteiger partial charge in [0, 0.05) is 6.54 Å². The molecule has 1 fully saturated rings. The van der Waals surface area contributed by atoms with Crippen LogP contribution in [-0.2, 0) is 15.6 Å². The number of nitrogens with zero attached hydrogens (tertiary/aromatic N) is 1. The lowest BCUT2D eigenvalue weighted by molar-refractivity contribution is -0.209. The highest BCUT2D eigenvalue weighted by Crippen LogP contribution is 2.61.